The molecule has 0 aliphatic rings. The monoisotopic (exact) mass is 332 g/mol. The van der Waals surface area contributed by atoms with Crippen molar-refractivity contribution in [3.63, 3.8) is 0 Å². The number of benzene rings is 1. The van der Waals surface area contributed by atoms with Crippen LogP contribution in [0.1, 0.15) is 13.3 Å². The lowest BCUT2D eigenvalue weighted by Crippen LogP contribution is -2.16. The second-order valence-corrected chi connectivity index (χ2v) is 6.28. The quantitative estimate of drug-likeness (QED) is 0.597. The summed E-state index contributed by atoms with van der Waals surface area (Å²) in [5.41, 5.74) is -0.530. The van der Waals surface area contributed by atoms with E-state index in [1.165, 1.54) is 6.92 Å². The number of aliphatic carboxylic acids is 2. The predicted octanol–water partition coefficient (Wildman–Crippen LogP) is 1.44. The summed E-state index contributed by atoms with van der Waals surface area (Å²) in [4.78, 5) is 21.7. The van der Waals surface area contributed by atoms with Crippen LogP contribution in [0.2, 0.25) is 0 Å². The van der Waals surface area contributed by atoms with Crippen LogP contribution in [0.5, 0.6) is 5.75 Å². The van der Waals surface area contributed by atoms with Crippen LogP contribution in [0.4, 0.5) is 4.39 Å². The predicted molar refractivity (Wildman–Crippen MR) is 72.7 cm³/mol. The standard InChI is InChI=1S/C13H13FO7S/c1-3-10(12(15)16)11(13(17)18)21-8-4-7(14)5-9(6-8)22(2,19)20/h4-6H,3H2,1-2H3,(H,15,16)(H,17,18)/b11-10-. The first-order chi connectivity index (χ1) is 10.1. The molecule has 0 aliphatic carbocycles. The molecule has 7 nitrogen and oxygen atoms in total. The molecular formula is C13H13FO7S. The number of halogens is 1. The Labute approximate surface area is 125 Å². The summed E-state index contributed by atoms with van der Waals surface area (Å²) in [6.45, 7) is 1.41. The minimum absolute atomic E-state index is 0.148. The van der Waals surface area contributed by atoms with E-state index in [-0.39, 0.29) is 6.42 Å². The average molecular weight is 332 g/mol. The number of hydrogen-bond donors (Lipinski definition) is 2. The molecule has 0 spiro atoms. The Morgan fingerprint density at radius 1 is 1.18 bits per heavy atom. The van der Waals surface area contributed by atoms with E-state index in [0.29, 0.717) is 0 Å². The molecule has 0 bridgehead atoms. The van der Waals surface area contributed by atoms with Crippen molar-refractivity contribution in [2.75, 3.05) is 6.26 Å². The Balaban J connectivity index is 3.41. The topological polar surface area (TPSA) is 118 Å². The van der Waals surface area contributed by atoms with E-state index in [1.807, 2.05) is 0 Å². The second kappa shape index (κ2) is 6.56. The number of ether oxygens (including phenoxy) is 1. The number of sulfone groups is 1. The van der Waals surface area contributed by atoms with Gasteiger partial charge in [0.25, 0.3) is 0 Å². The first kappa shape index (κ1) is 17.6. The molecule has 0 aliphatic heterocycles. The van der Waals surface area contributed by atoms with E-state index in [9.17, 15) is 22.4 Å². The second-order valence-electron chi connectivity index (χ2n) is 4.27. The van der Waals surface area contributed by atoms with Gasteiger partial charge in [-0.1, -0.05) is 6.92 Å². The number of carbonyl (C=O) groups is 2. The van der Waals surface area contributed by atoms with Crippen LogP contribution < -0.4 is 4.74 Å². The van der Waals surface area contributed by atoms with Crippen molar-refractivity contribution in [3.8, 4) is 5.75 Å². The molecule has 0 saturated carbocycles. The highest BCUT2D eigenvalue weighted by molar-refractivity contribution is 7.90. The lowest BCUT2D eigenvalue weighted by molar-refractivity contribution is -0.138. The Morgan fingerprint density at radius 3 is 2.18 bits per heavy atom. The lowest BCUT2D eigenvalue weighted by Gasteiger charge is -2.10. The Bertz CT molecular complexity index is 750. The van der Waals surface area contributed by atoms with Gasteiger partial charge < -0.3 is 14.9 Å². The van der Waals surface area contributed by atoms with Gasteiger partial charge in [0.1, 0.15) is 11.6 Å². The van der Waals surface area contributed by atoms with Crippen molar-refractivity contribution in [1.82, 2.24) is 0 Å². The fourth-order valence-corrected chi connectivity index (χ4v) is 2.23. The summed E-state index contributed by atoms with van der Waals surface area (Å²) >= 11 is 0. The lowest BCUT2D eigenvalue weighted by atomic mass is 10.1. The molecule has 1 rings (SSSR count). The minimum atomic E-state index is -3.75. The van der Waals surface area contributed by atoms with Gasteiger partial charge in [-0.25, -0.2) is 22.4 Å². The molecule has 0 radical (unpaired) electrons. The third-order valence-electron chi connectivity index (χ3n) is 2.57. The molecule has 0 aromatic heterocycles. The first-order valence-corrected chi connectivity index (χ1v) is 7.83. The zero-order valence-corrected chi connectivity index (χ0v) is 12.5. The highest BCUT2D eigenvalue weighted by atomic mass is 32.2. The van der Waals surface area contributed by atoms with Crippen LogP contribution >= 0.6 is 0 Å². The largest absolute Gasteiger partial charge is 0.478 e. The maximum Gasteiger partial charge on any atom is 0.372 e. The molecule has 22 heavy (non-hydrogen) atoms. The van der Waals surface area contributed by atoms with Crippen molar-refractivity contribution in [2.45, 2.75) is 18.2 Å². The number of carboxylic acid groups (broad SMARTS) is 2. The molecule has 9 heteroatoms. The molecular weight excluding hydrogens is 319 g/mol. The average Bonchev–Trinajstić information content (AvgIpc) is 2.36. The van der Waals surface area contributed by atoms with E-state index in [4.69, 9.17) is 14.9 Å². The van der Waals surface area contributed by atoms with Crippen LogP contribution in [-0.2, 0) is 19.4 Å². The Kier molecular flexibility index (Phi) is 5.26. The fraction of sp³-hybridized carbons (Fsp3) is 0.231. The van der Waals surface area contributed by atoms with Gasteiger partial charge in [0.05, 0.1) is 10.5 Å². The van der Waals surface area contributed by atoms with Crippen molar-refractivity contribution in [3.05, 3.63) is 35.3 Å². The van der Waals surface area contributed by atoms with Gasteiger partial charge in [-0.05, 0) is 18.6 Å². The van der Waals surface area contributed by atoms with E-state index in [2.05, 4.69) is 0 Å². The van der Waals surface area contributed by atoms with Gasteiger partial charge in [-0.2, -0.15) is 0 Å². The van der Waals surface area contributed by atoms with E-state index < -0.39 is 49.6 Å². The molecule has 0 saturated heterocycles. The SMILES string of the molecule is CC/C(C(=O)O)=C(/Oc1cc(F)cc(S(C)(=O)=O)c1)C(=O)O. The molecule has 1 aromatic carbocycles. The van der Waals surface area contributed by atoms with E-state index in [1.54, 1.807) is 0 Å². The molecule has 0 amide bonds. The molecule has 0 heterocycles. The maximum atomic E-state index is 13.4. The summed E-state index contributed by atoms with van der Waals surface area (Å²) in [6.07, 6.45) is 0.694. The zero-order chi connectivity index (χ0) is 17.1. The molecule has 0 fully saturated rings. The van der Waals surface area contributed by atoms with Crippen LogP contribution in [0, 0.1) is 5.82 Å². The van der Waals surface area contributed by atoms with Crippen LogP contribution in [0.3, 0.4) is 0 Å². The van der Waals surface area contributed by atoms with Crippen molar-refractivity contribution < 1.29 is 37.3 Å². The summed E-state index contributed by atoms with van der Waals surface area (Å²) < 4.78 is 41.1. The maximum absolute atomic E-state index is 13.4. The third-order valence-corrected chi connectivity index (χ3v) is 3.66. The Hall–Kier alpha value is -2.42. The van der Waals surface area contributed by atoms with Crippen LogP contribution in [0.15, 0.2) is 34.4 Å². The summed E-state index contributed by atoms with van der Waals surface area (Å²) in [5.74, 6) is -5.45. The molecule has 0 unspecified atom stereocenters. The van der Waals surface area contributed by atoms with Gasteiger partial charge in [-0.3, -0.25) is 0 Å². The minimum Gasteiger partial charge on any atom is -0.478 e. The number of rotatable bonds is 6. The fourth-order valence-electron chi connectivity index (χ4n) is 1.57. The first-order valence-electron chi connectivity index (χ1n) is 5.94. The highest BCUT2D eigenvalue weighted by Crippen LogP contribution is 2.23. The van der Waals surface area contributed by atoms with E-state index >= 15 is 0 Å². The number of carboxylic acids is 2. The highest BCUT2D eigenvalue weighted by Gasteiger charge is 2.22. The Morgan fingerprint density at radius 2 is 1.77 bits per heavy atom. The van der Waals surface area contributed by atoms with Crippen molar-refractivity contribution in [1.29, 1.82) is 0 Å². The molecule has 1 aromatic rings. The summed E-state index contributed by atoms with van der Waals surface area (Å²) in [7, 11) is -3.75. The molecule has 120 valence electrons. The molecule has 0 atom stereocenters. The molecule has 2 N–H and O–H groups in total. The van der Waals surface area contributed by atoms with Crippen molar-refractivity contribution in [2.24, 2.45) is 0 Å². The normalized spacial score (nSPS) is 12.5. The zero-order valence-electron chi connectivity index (χ0n) is 11.7. The number of hydrogen-bond acceptors (Lipinski definition) is 5. The van der Waals surface area contributed by atoms with Crippen LogP contribution in [0.25, 0.3) is 0 Å². The van der Waals surface area contributed by atoms with Gasteiger partial charge in [0, 0.05) is 12.3 Å². The van der Waals surface area contributed by atoms with Gasteiger partial charge in [0.2, 0.25) is 5.76 Å². The van der Waals surface area contributed by atoms with Gasteiger partial charge in [-0.15, -0.1) is 0 Å². The van der Waals surface area contributed by atoms with Crippen molar-refractivity contribution >= 4 is 21.8 Å². The van der Waals surface area contributed by atoms with Crippen LogP contribution in [-0.4, -0.2) is 36.8 Å². The summed E-state index contributed by atoms with van der Waals surface area (Å²) in [5, 5.41) is 18.0. The van der Waals surface area contributed by atoms with Gasteiger partial charge in [0.15, 0.2) is 9.84 Å². The summed E-state index contributed by atoms with van der Waals surface area (Å²) in [6, 6.07) is 2.41. The smallest absolute Gasteiger partial charge is 0.372 e. The third kappa shape index (κ3) is 4.29. The van der Waals surface area contributed by atoms with E-state index in [0.717, 1.165) is 24.5 Å². The van der Waals surface area contributed by atoms with Gasteiger partial charge >= 0.3 is 11.9 Å².